The van der Waals surface area contributed by atoms with E-state index in [4.69, 9.17) is 14.8 Å². The lowest BCUT2D eigenvalue weighted by molar-refractivity contribution is 0.126. The Bertz CT molecular complexity index is 1410. The van der Waals surface area contributed by atoms with Crippen LogP contribution in [0.15, 0.2) is 48.8 Å². The molecule has 1 aromatic carbocycles. The van der Waals surface area contributed by atoms with Crippen LogP contribution < -0.4 is 10.1 Å². The van der Waals surface area contributed by atoms with E-state index in [0.717, 1.165) is 64.9 Å². The van der Waals surface area contributed by atoms with Gasteiger partial charge < -0.3 is 15.2 Å². The number of methoxy groups -OCH3 is 1. The Morgan fingerprint density at radius 1 is 1.11 bits per heavy atom. The maximum atomic E-state index is 9.86. The minimum Gasteiger partial charge on any atom is -0.481 e. The van der Waals surface area contributed by atoms with Gasteiger partial charge >= 0.3 is 0 Å². The number of benzene rings is 1. The number of pyridine rings is 2. The fourth-order valence-electron chi connectivity index (χ4n) is 4.88. The van der Waals surface area contributed by atoms with Crippen molar-refractivity contribution in [2.45, 2.75) is 57.6 Å². The number of aliphatic hydroxyl groups is 1. The zero-order valence-corrected chi connectivity index (χ0v) is 20.8. The van der Waals surface area contributed by atoms with E-state index in [1.54, 1.807) is 19.5 Å². The van der Waals surface area contributed by atoms with Crippen LogP contribution in [-0.2, 0) is 0 Å². The van der Waals surface area contributed by atoms with Gasteiger partial charge in [0.1, 0.15) is 6.07 Å². The largest absolute Gasteiger partial charge is 0.481 e. The molecule has 184 valence electrons. The molecule has 0 radical (unpaired) electrons. The van der Waals surface area contributed by atoms with Gasteiger partial charge in [0.25, 0.3) is 0 Å². The summed E-state index contributed by atoms with van der Waals surface area (Å²) in [6.45, 7) is 4.25. The lowest BCUT2D eigenvalue weighted by Crippen LogP contribution is -2.28. The summed E-state index contributed by atoms with van der Waals surface area (Å²) in [5.41, 5.74) is 5.88. The van der Waals surface area contributed by atoms with E-state index >= 15 is 0 Å². The Hall–Kier alpha value is -3.96. The SMILES string of the molecule is COc1ccc(-c2ccnc3c2c(C(C)C)nn3-c2ccc(C#N)c(NC3CCC(O)CC3)c2)cn1. The highest BCUT2D eigenvalue weighted by molar-refractivity contribution is 5.95. The predicted molar refractivity (Wildman–Crippen MR) is 139 cm³/mol. The molecule has 0 spiro atoms. The maximum absolute atomic E-state index is 9.86. The second-order valence-corrected chi connectivity index (χ2v) is 9.59. The molecule has 2 N–H and O–H groups in total. The Balaban J connectivity index is 1.60. The molecule has 1 aliphatic carbocycles. The van der Waals surface area contributed by atoms with Gasteiger partial charge in [-0.2, -0.15) is 10.4 Å². The van der Waals surface area contributed by atoms with Gasteiger partial charge in [0.05, 0.1) is 41.2 Å². The molecule has 4 aromatic rings. The third kappa shape index (κ3) is 4.50. The van der Waals surface area contributed by atoms with Crippen LogP contribution in [0.3, 0.4) is 0 Å². The monoisotopic (exact) mass is 482 g/mol. The number of hydrogen-bond donors (Lipinski definition) is 2. The molecule has 1 aliphatic rings. The summed E-state index contributed by atoms with van der Waals surface area (Å²) in [6, 6.07) is 14.1. The normalized spacial score (nSPS) is 17.8. The molecular weight excluding hydrogens is 452 g/mol. The van der Waals surface area contributed by atoms with E-state index in [2.05, 4.69) is 30.2 Å². The third-order valence-electron chi connectivity index (χ3n) is 6.82. The molecule has 1 saturated carbocycles. The first-order valence-electron chi connectivity index (χ1n) is 12.4. The first kappa shape index (κ1) is 23.8. The highest BCUT2D eigenvalue weighted by Crippen LogP contribution is 2.35. The van der Waals surface area contributed by atoms with Gasteiger partial charge in [0.15, 0.2) is 5.65 Å². The van der Waals surface area contributed by atoms with Crippen LogP contribution >= 0.6 is 0 Å². The van der Waals surface area contributed by atoms with E-state index in [9.17, 15) is 10.4 Å². The van der Waals surface area contributed by atoms with E-state index in [1.807, 2.05) is 41.1 Å². The second-order valence-electron chi connectivity index (χ2n) is 9.59. The molecule has 0 aliphatic heterocycles. The molecule has 0 atom stereocenters. The van der Waals surface area contributed by atoms with Crippen molar-refractivity contribution in [3.8, 4) is 28.8 Å². The molecular formula is C28H30N6O2. The van der Waals surface area contributed by atoms with Crippen LogP contribution in [0.4, 0.5) is 5.69 Å². The van der Waals surface area contributed by atoms with Gasteiger partial charge in [-0.1, -0.05) is 13.8 Å². The average molecular weight is 483 g/mol. The Labute approximate surface area is 210 Å². The fourth-order valence-corrected chi connectivity index (χ4v) is 4.88. The molecule has 0 unspecified atom stereocenters. The number of nitrogens with zero attached hydrogens (tertiary/aromatic N) is 5. The first-order chi connectivity index (χ1) is 17.5. The number of rotatable bonds is 6. The molecule has 0 bridgehead atoms. The van der Waals surface area contributed by atoms with Crippen LogP contribution in [0.25, 0.3) is 27.8 Å². The van der Waals surface area contributed by atoms with Gasteiger partial charge in [0, 0.05) is 30.1 Å². The molecule has 3 heterocycles. The molecule has 0 saturated heterocycles. The van der Waals surface area contributed by atoms with E-state index in [1.165, 1.54) is 0 Å². The number of anilines is 1. The standard InChI is InChI=1S/C28H30N6O2/c1-17(2)27-26-23(19-5-11-25(36-3)31-16-19)12-13-30-28(26)34(33-27)21-8-4-18(15-29)24(14-21)32-20-6-9-22(35)10-7-20/h4-5,8,11-14,16-17,20,22,32,35H,6-7,9-10H2,1-3H3. The number of aliphatic hydroxyl groups excluding tert-OH is 1. The van der Waals surface area contributed by atoms with Gasteiger partial charge in [-0.05, 0) is 67.5 Å². The van der Waals surface area contributed by atoms with Gasteiger partial charge in [-0.25, -0.2) is 14.6 Å². The minimum atomic E-state index is -0.226. The molecule has 1 fully saturated rings. The minimum absolute atomic E-state index is 0.174. The van der Waals surface area contributed by atoms with Crippen molar-refractivity contribution in [3.05, 3.63) is 60.0 Å². The fraction of sp³-hybridized carbons (Fsp3) is 0.357. The van der Waals surface area contributed by atoms with Gasteiger partial charge in [-0.15, -0.1) is 0 Å². The lowest BCUT2D eigenvalue weighted by Gasteiger charge is -2.27. The summed E-state index contributed by atoms with van der Waals surface area (Å²) in [4.78, 5) is 9.11. The Morgan fingerprint density at radius 2 is 1.92 bits per heavy atom. The Morgan fingerprint density at radius 3 is 2.58 bits per heavy atom. The maximum Gasteiger partial charge on any atom is 0.212 e. The summed E-state index contributed by atoms with van der Waals surface area (Å²) in [7, 11) is 1.60. The zero-order valence-electron chi connectivity index (χ0n) is 20.8. The van der Waals surface area contributed by atoms with E-state index in [0.29, 0.717) is 11.4 Å². The summed E-state index contributed by atoms with van der Waals surface area (Å²) in [5.74, 6) is 0.737. The van der Waals surface area contributed by atoms with Crippen molar-refractivity contribution in [3.63, 3.8) is 0 Å². The average Bonchev–Trinajstić information content (AvgIpc) is 3.30. The van der Waals surface area contributed by atoms with Crippen LogP contribution in [-0.4, -0.2) is 44.1 Å². The Kier molecular flexibility index (Phi) is 6.57. The predicted octanol–water partition coefficient (Wildman–Crippen LogP) is 5.20. The quantitative estimate of drug-likeness (QED) is 0.389. The van der Waals surface area contributed by atoms with Crippen LogP contribution in [0.5, 0.6) is 5.88 Å². The van der Waals surface area contributed by atoms with Crippen molar-refractivity contribution in [2.24, 2.45) is 0 Å². The van der Waals surface area contributed by atoms with E-state index < -0.39 is 0 Å². The first-order valence-corrected chi connectivity index (χ1v) is 12.4. The third-order valence-corrected chi connectivity index (χ3v) is 6.82. The number of nitrogens with one attached hydrogen (secondary N) is 1. The van der Waals surface area contributed by atoms with Crippen LogP contribution in [0.2, 0.25) is 0 Å². The number of ether oxygens (including phenoxy) is 1. The molecule has 5 rings (SSSR count). The number of fused-ring (bicyclic) bond motifs is 1. The molecule has 3 aromatic heterocycles. The molecule has 8 heteroatoms. The smallest absolute Gasteiger partial charge is 0.212 e. The summed E-state index contributed by atoms with van der Waals surface area (Å²) in [6.07, 6.45) is 6.66. The molecule has 8 nitrogen and oxygen atoms in total. The molecule has 36 heavy (non-hydrogen) atoms. The zero-order chi connectivity index (χ0) is 25.2. The van der Waals surface area contributed by atoms with Gasteiger partial charge in [0.2, 0.25) is 5.88 Å². The number of hydrogen-bond acceptors (Lipinski definition) is 7. The van der Waals surface area contributed by atoms with Gasteiger partial charge in [-0.3, -0.25) is 0 Å². The number of aromatic nitrogens is 4. The summed E-state index contributed by atoms with van der Waals surface area (Å²) in [5, 5.41) is 29.1. The van der Waals surface area contributed by atoms with Crippen LogP contribution in [0.1, 0.15) is 56.7 Å². The van der Waals surface area contributed by atoms with E-state index in [-0.39, 0.29) is 18.1 Å². The summed E-state index contributed by atoms with van der Waals surface area (Å²) < 4.78 is 7.09. The van der Waals surface area contributed by atoms with Crippen molar-refractivity contribution in [2.75, 3.05) is 12.4 Å². The molecule has 0 amide bonds. The highest BCUT2D eigenvalue weighted by atomic mass is 16.5. The van der Waals surface area contributed by atoms with Crippen molar-refractivity contribution in [1.29, 1.82) is 5.26 Å². The highest BCUT2D eigenvalue weighted by Gasteiger charge is 2.22. The second kappa shape index (κ2) is 9.96. The van der Waals surface area contributed by atoms with Crippen molar-refractivity contribution >= 4 is 16.7 Å². The van der Waals surface area contributed by atoms with Crippen molar-refractivity contribution < 1.29 is 9.84 Å². The van der Waals surface area contributed by atoms with Crippen molar-refractivity contribution in [1.82, 2.24) is 19.7 Å². The lowest BCUT2D eigenvalue weighted by atomic mass is 9.93. The summed E-state index contributed by atoms with van der Waals surface area (Å²) >= 11 is 0. The topological polar surface area (TPSA) is 109 Å². The number of nitriles is 1. The van der Waals surface area contributed by atoms with Crippen LogP contribution in [0, 0.1) is 11.3 Å².